The van der Waals surface area contributed by atoms with Crippen LogP contribution >= 0.6 is 0 Å². The molecular formula is C16H26N4O4. The first-order chi connectivity index (χ1) is 11.2. The second kappa shape index (κ2) is 9.05. The number of nitrogens with zero attached hydrogens (tertiary/aromatic N) is 2. The maximum absolute atomic E-state index is 11.7. The molecule has 1 unspecified atom stereocenters. The van der Waals surface area contributed by atoms with Crippen LogP contribution in [0.3, 0.4) is 0 Å². The van der Waals surface area contributed by atoms with Crippen LogP contribution in [0.4, 0.5) is 10.6 Å². The number of anilines is 1. The summed E-state index contributed by atoms with van der Waals surface area (Å²) in [6, 6.07) is 1.59. The first-order valence-corrected chi connectivity index (χ1v) is 7.95. The highest BCUT2D eigenvalue weighted by Crippen LogP contribution is 2.07. The van der Waals surface area contributed by atoms with Crippen molar-refractivity contribution in [3.63, 3.8) is 0 Å². The summed E-state index contributed by atoms with van der Waals surface area (Å²) in [6.45, 7) is 9.89. The van der Waals surface area contributed by atoms with Gasteiger partial charge in [0, 0.05) is 18.8 Å². The van der Waals surface area contributed by atoms with Crippen molar-refractivity contribution in [3.8, 4) is 0 Å². The van der Waals surface area contributed by atoms with Crippen molar-refractivity contribution in [2.75, 3.05) is 18.5 Å². The molecule has 0 aliphatic heterocycles. The van der Waals surface area contributed by atoms with Gasteiger partial charge in [0.05, 0.1) is 6.61 Å². The fourth-order valence-corrected chi connectivity index (χ4v) is 1.75. The monoisotopic (exact) mass is 338 g/mol. The van der Waals surface area contributed by atoms with Gasteiger partial charge in [0.2, 0.25) is 5.82 Å². The highest BCUT2D eigenvalue weighted by molar-refractivity contribution is 5.85. The van der Waals surface area contributed by atoms with Crippen LogP contribution in [0.25, 0.3) is 0 Å². The number of carbonyl (C=O) groups is 2. The summed E-state index contributed by atoms with van der Waals surface area (Å²) in [4.78, 5) is 31.2. The third-order valence-corrected chi connectivity index (χ3v) is 2.76. The van der Waals surface area contributed by atoms with Crippen LogP contribution in [-0.2, 0) is 9.47 Å². The average molecular weight is 338 g/mol. The van der Waals surface area contributed by atoms with Crippen LogP contribution in [0, 0.1) is 0 Å². The minimum Gasteiger partial charge on any atom is -0.460 e. The van der Waals surface area contributed by atoms with Gasteiger partial charge in [-0.05, 0) is 47.1 Å². The molecule has 0 fully saturated rings. The normalized spacial score (nSPS) is 12.2. The van der Waals surface area contributed by atoms with Crippen molar-refractivity contribution < 1.29 is 19.1 Å². The molecule has 24 heavy (non-hydrogen) atoms. The number of carbonyl (C=O) groups excluding carboxylic acids is 2. The lowest BCUT2D eigenvalue weighted by molar-refractivity contribution is 0.0498. The van der Waals surface area contributed by atoms with Crippen molar-refractivity contribution in [3.05, 3.63) is 18.1 Å². The molecule has 134 valence electrons. The van der Waals surface area contributed by atoms with Gasteiger partial charge >= 0.3 is 12.1 Å². The molecule has 1 amide bonds. The lowest BCUT2D eigenvalue weighted by Crippen LogP contribution is -2.38. The van der Waals surface area contributed by atoms with Gasteiger partial charge in [-0.2, -0.15) is 0 Å². The summed E-state index contributed by atoms with van der Waals surface area (Å²) in [5, 5.41) is 5.84. The second-order valence-corrected chi connectivity index (χ2v) is 6.25. The first kappa shape index (κ1) is 19.7. The SMILES string of the molecule is CCOC(=O)c1nccc(NCCC(C)NC(=O)OC(C)(C)C)n1. The summed E-state index contributed by atoms with van der Waals surface area (Å²) in [5.74, 6) is -0.0135. The molecule has 0 aromatic carbocycles. The molecule has 1 atom stereocenters. The van der Waals surface area contributed by atoms with Crippen molar-refractivity contribution in [1.29, 1.82) is 0 Å². The number of ether oxygens (including phenoxy) is 2. The van der Waals surface area contributed by atoms with Crippen molar-refractivity contribution in [1.82, 2.24) is 15.3 Å². The van der Waals surface area contributed by atoms with E-state index in [1.165, 1.54) is 6.20 Å². The quantitative estimate of drug-likeness (QED) is 0.736. The molecule has 0 aliphatic carbocycles. The number of amides is 1. The Labute approximate surface area is 142 Å². The largest absolute Gasteiger partial charge is 0.460 e. The standard InChI is InChI=1S/C16H26N4O4/c1-6-23-14(21)13-18-10-8-12(20-13)17-9-7-11(2)19-15(22)24-16(3,4)5/h8,10-11H,6-7,9H2,1-5H3,(H,19,22)(H,17,18,20). The van der Waals surface area contributed by atoms with E-state index in [2.05, 4.69) is 20.6 Å². The van der Waals surface area contributed by atoms with Crippen LogP contribution in [0.2, 0.25) is 0 Å². The summed E-state index contributed by atoms with van der Waals surface area (Å²) in [5.41, 5.74) is -0.521. The predicted molar refractivity (Wildman–Crippen MR) is 89.9 cm³/mol. The van der Waals surface area contributed by atoms with Crippen LogP contribution < -0.4 is 10.6 Å². The number of esters is 1. The topological polar surface area (TPSA) is 102 Å². The van der Waals surface area contributed by atoms with Gasteiger partial charge in [0.25, 0.3) is 0 Å². The zero-order valence-corrected chi connectivity index (χ0v) is 14.9. The minimum atomic E-state index is -0.555. The van der Waals surface area contributed by atoms with Crippen LogP contribution in [0.15, 0.2) is 12.3 Å². The minimum absolute atomic E-state index is 0.0155. The molecule has 1 aromatic rings. The number of nitrogens with one attached hydrogen (secondary N) is 2. The number of rotatable bonds is 7. The van der Waals surface area contributed by atoms with E-state index in [1.54, 1.807) is 13.0 Å². The first-order valence-electron chi connectivity index (χ1n) is 7.95. The van der Waals surface area contributed by atoms with Crippen LogP contribution in [0.5, 0.6) is 0 Å². The highest BCUT2D eigenvalue weighted by Gasteiger charge is 2.17. The molecule has 1 aromatic heterocycles. The summed E-state index contributed by atoms with van der Waals surface area (Å²) >= 11 is 0. The van der Waals surface area contributed by atoms with E-state index < -0.39 is 17.7 Å². The smallest absolute Gasteiger partial charge is 0.407 e. The molecule has 0 saturated carbocycles. The number of aromatic nitrogens is 2. The van der Waals surface area contributed by atoms with E-state index in [9.17, 15) is 9.59 Å². The Morgan fingerprint density at radius 3 is 2.67 bits per heavy atom. The highest BCUT2D eigenvalue weighted by atomic mass is 16.6. The third-order valence-electron chi connectivity index (χ3n) is 2.76. The Hall–Kier alpha value is -2.38. The van der Waals surface area contributed by atoms with Crippen LogP contribution in [0.1, 0.15) is 51.7 Å². The van der Waals surface area contributed by atoms with Crippen molar-refractivity contribution in [2.45, 2.75) is 52.7 Å². The van der Waals surface area contributed by atoms with E-state index in [0.29, 0.717) is 18.8 Å². The fraction of sp³-hybridized carbons (Fsp3) is 0.625. The molecule has 0 radical (unpaired) electrons. The Kier molecular flexibility index (Phi) is 7.41. The van der Waals surface area contributed by atoms with Gasteiger partial charge in [-0.3, -0.25) is 0 Å². The average Bonchev–Trinajstić information content (AvgIpc) is 2.45. The van der Waals surface area contributed by atoms with Gasteiger partial charge in [-0.25, -0.2) is 19.6 Å². The molecular weight excluding hydrogens is 312 g/mol. The van der Waals surface area contributed by atoms with E-state index in [-0.39, 0.29) is 18.5 Å². The lowest BCUT2D eigenvalue weighted by atomic mass is 10.2. The summed E-state index contributed by atoms with van der Waals surface area (Å²) in [6.07, 6.45) is 1.71. The third kappa shape index (κ3) is 7.75. The Bertz CT molecular complexity index is 557. The van der Waals surface area contributed by atoms with Crippen LogP contribution in [-0.4, -0.2) is 46.8 Å². The molecule has 0 spiro atoms. The Balaban J connectivity index is 2.40. The lowest BCUT2D eigenvalue weighted by Gasteiger charge is -2.22. The van der Waals surface area contributed by atoms with E-state index >= 15 is 0 Å². The van der Waals surface area contributed by atoms with Gasteiger partial charge in [-0.1, -0.05) is 0 Å². The van der Waals surface area contributed by atoms with Gasteiger partial charge < -0.3 is 20.1 Å². The molecule has 1 rings (SSSR count). The number of alkyl carbamates (subject to hydrolysis) is 1. The summed E-state index contributed by atoms with van der Waals surface area (Å²) in [7, 11) is 0. The molecule has 0 bridgehead atoms. The Morgan fingerprint density at radius 1 is 1.33 bits per heavy atom. The number of hydrogen-bond acceptors (Lipinski definition) is 7. The molecule has 0 aliphatic rings. The maximum Gasteiger partial charge on any atom is 0.407 e. The Morgan fingerprint density at radius 2 is 2.04 bits per heavy atom. The van der Waals surface area contributed by atoms with Gasteiger partial charge in [0.15, 0.2) is 0 Å². The maximum atomic E-state index is 11.7. The zero-order valence-electron chi connectivity index (χ0n) is 14.9. The fourth-order valence-electron chi connectivity index (χ4n) is 1.75. The summed E-state index contributed by atoms with van der Waals surface area (Å²) < 4.78 is 10.1. The predicted octanol–water partition coefficient (Wildman–Crippen LogP) is 2.37. The molecule has 2 N–H and O–H groups in total. The van der Waals surface area contributed by atoms with Gasteiger partial charge in [-0.15, -0.1) is 0 Å². The van der Waals surface area contributed by atoms with Gasteiger partial charge in [0.1, 0.15) is 11.4 Å². The molecule has 8 nitrogen and oxygen atoms in total. The molecule has 8 heteroatoms. The molecule has 0 saturated heterocycles. The second-order valence-electron chi connectivity index (χ2n) is 6.25. The van der Waals surface area contributed by atoms with E-state index in [0.717, 1.165) is 0 Å². The van der Waals surface area contributed by atoms with Crippen molar-refractivity contribution in [2.24, 2.45) is 0 Å². The zero-order chi connectivity index (χ0) is 18.2. The van der Waals surface area contributed by atoms with Crippen molar-refractivity contribution >= 4 is 17.9 Å². The number of hydrogen-bond donors (Lipinski definition) is 2. The van der Waals surface area contributed by atoms with E-state index in [1.807, 2.05) is 27.7 Å². The molecule has 1 heterocycles. The van der Waals surface area contributed by atoms with E-state index in [4.69, 9.17) is 9.47 Å².